The Morgan fingerprint density at radius 3 is 2.65 bits per heavy atom. The molecule has 1 aromatic rings. The van der Waals surface area contributed by atoms with Gasteiger partial charge in [-0.25, -0.2) is 0 Å². The highest BCUT2D eigenvalue weighted by molar-refractivity contribution is 5.94. The Kier molecular flexibility index (Phi) is 5.30. The molecule has 0 unspecified atom stereocenters. The van der Waals surface area contributed by atoms with E-state index in [1.165, 1.54) is 32.2 Å². The van der Waals surface area contributed by atoms with Crippen LogP contribution in [0.5, 0.6) is 0 Å². The molecule has 1 saturated heterocycles. The third kappa shape index (κ3) is 4.33. The first-order valence-electron chi connectivity index (χ1n) is 8.78. The quantitative estimate of drug-likeness (QED) is 0.930. The molecule has 1 aliphatic heterocycles. The van der Waals surface area contributed by atoms with Crippen molar-refractivity contribution in [2.24, 2.45) is 5.92 Å². The third-order valence-electron chi connectivity index (χ3n) is 5.17. The van der Waals surface area contributed by atoms with Crippen LogP contribution in [0.2, 0.25) is 0 Å². The van der Waals surface area contributed by atoms with Crippen molar-refractivity contribution in [3.8, 4) is 6.07 Å². The summed E-state index contributed by atoms with van der Waals surface area (Å²) in [5.74, 6) is 0.839. The molecule has 1 aliphatic carbocycles. The summed E-state index contributed by atoms with van der Waals surface area (Å²) in [7, 11) is 0. The number of nitriles is 1. The van der Waals surface area contributed by atoms with Gasteiger partial charge in [-0.05, 0) is 49.8 Å². The highest BCUT2D eigenvalue weighted by Gasteiger charge is 2.24. The van der Waals surface area contributed by atoms with Crippen LogP contribution in [0.25, 0.3) is 0 Å². The largest absolute Gasteiger partial charge is 0.349 e. The van der Waals surface area contributed by atoms with Crippen LogP contribution in [-0.4, -0.2) is 36.5 Å². The lowest BCUT2D eigenvalue weighted by Gasteiger charge is -2.33. The van der Waals surface area contributed by atoms with Crippen LogP contribution in [0.1, 0.15) is 54.4 Å². The second-order valence-electron chi connectivity index (χ2n) is 6.89. The molecular weight excluding hydrogens is 286 g/mol. The molecule has 1 amide bonds. The lowest BCUT2D eigenvalue weighted by atomic mass is 10.0. The van der Waals surface area contributed by atoms with Crippen LogP contribution in [0.3, 0.4) is 0 Å². The summed E-state index contributed by atoms with van der Waals surface area (Å²) in [5.41, 5.74) is 1.11. The van der Waals surface area contributed by atoms with Gasteiger partial charge in [-0.1, -0.05) is 18.9 Å². The Morgan fingerprint density at radius 1 is 1.22 bits per heavy atom. The Labute approximate surface area is 138 Å². The first-order chi connectivity index (χ1) is 11.2. The van der Waals surface area contributed by atoms with E-state index in [0.29, 0.717) is 11.1 Å². The first kappa shape index (κ1) is 16.0. The second-order valence-corrected chi connectivity index (χ2v) is 6.89. The monoisotopic (exact) mass is 311 g/mol. The van der Waals surface area contributed by atoms with Crippen molar-refractivity contribution in [2.45, 2.75) is 44.6 Å². The van der Waals surface area contributed by atoms with Gasteiger partial charge in [-0.15, -0.1) is 0 Å². The van der Waals surface area contributed by atoms with E-state index in [1.807, 2.05) is 0 Å². The van der Waals surface area contributed by atoms with Crippen LogP contribution in [0.4, 0.5) is 0 Å². The summed E-state index contributed by atoms with van der Waals surface area (Å²) in [6, 6.07) is 9.25. The zero-order valence-electron chi connectivity index (χ0n) is 13.6. The fraction of sp³-hybridized carbons (Fsp3) is 0.579. The molecule has 2 fully saturated rings. The van der Waals surface area contributed by atoms with Crippen molar-refractivity contribution >= 4 is 5.91 Å². The number of hydrogen-bond acceptors (Lipinski definition) is 3. The minimum Gasteiger partial charge on any atom is -0.349 e. The second kappa shape index (κ2) is 7.61. The number of amides is 1. The summed E-state index contributed by atoms with van der Waals surface area (Å²) in [5, 5.41) is 12.0. The van der Waals surface area contributed by atoms with Gasteiger partial charge in [0, 0.05) is 31.2 Å². The van der Waals surface area contributed by atoms with Crippen LogP contribution in [0.15, 0.2) is 24.3 Å². The highest BCUT2D eigenvalue weighted by atomic mass is 16.1. The van der Waals surface area contributed by atoms with Gasteiger partial charge in [0.15, 0.2) is 0 Å². The summed E-state index contributed by atoms with van der Waals surface area (Å²) in [4.78, 5) is 14.9. The van der Waals surface area contributed by atoms with Gasteiger partial charge >= 0.3 is 0 Å². The van der Waals surface area contributed by atoms with E-state index >= 15 is 0 Å². The highest BCUT2D eigenvalue weighted by Crippen LogP contribution is 2.26. The van der Waals surface area contributed by atoms with E-state index < -0.39 is 0 Å². The molecule has 23 heavy (non-hydrogen) atoms. The number of piperidine rings is 1. The molecule has 1 heterocycles. The van der Waals surface area contributed by atoms with Crippen LogP contribution >= 0.6 is 0 Å². The SMILES string of the molecule is N#Cc1cccc(C(=O)NC2CCN(CC3CCCC3)CC2)c1. The number of hydrogen-bond donors (Lipinski definition) is 1. The number of likely N-dealkylation sites (tertiary alicyclic amines) is 1. The third-order valence-corrected chi connectivity index (χ3v) is 5.17. The maximum atomic E-state index is 12.3. The molecular formula is C19H25N3O. The number of benzene rings is 1. The number of nitrogens with zero attached hydrogens (tertiary/aromatic N) is 2. The molecule has 1 saturated carbocycles. The topological polar surface area (TPSA) is 56.1 Å². The van der Waals surface area contributed by atoms with Crippen LogP contribution in [-0.2, 0) is 0 Å². The standard InChI is InChI=1S/C19H25N3O/c20-13-16-6-3-7-17(12-16)19(23)21-18-8-10-22(11-9-18)14-15-4-1-2-5-15/h3,6-7,12,15,18H,1-2,4-5,8-11,14H2,(H,21,23). The molecule has 1 aromatic carbocycles. The first-order valence-corrected chi connectivity index (χ1v) is 8.78. The summed E-state index contributed by atoms with van der Waals surface area (Å²) >= 11 is 0. The number of carbonyl (C=O) groups excluding carboxylic acids is 1. The lowest BCUT2D eigenvalue weighted by Crippen LogP contribution is -2.45. The predicted molar refractivity (Wildman–Crippen MR) is 90.0 cm³/mol. The Balaban J connectivity index is 1.46. The van der Waals surface area contributed by atoms with Crippen molar-refractivity contribution in [3.05, 3.63) is 35.4 Å². The molecule has 0 aromatic heterocycles. The fourth-order valence-electron chi connectivity index (χ4n) is 3.82. The molecule has 4 nitrogen and oxygen atoms in total. The minimum atomic E-state index is -0.0589. The normalized spacial score (nSPS) is 20.3. The Morgan fingerprint density at radius 2 is 1.96 bits per heavy atom. The van der Waals surface area contributed by atoms with Gasteiger partial charge < -0.3 is 10.2 Å². The average molecular weight is 311 g/mol. The zero-order chi connectivity index (χ0) is 16.1. The summed E-state index contributed by atoms with van der Waals surface area (Å²) < 4.78 is 0. The van der Waals surface area contributed by atoms with Crippen molar-refractivity contribution in [3.63, 3.8) is 0 Å². The molecule has 0 radical (unpaired) electrons. The summed E-state index contributed by atoms with van der Waals surface area (Å²) in [6.07, 6.45) is 7.64. The van der Waals surface area contributed by atoms with E-state index in [4.69, 9.17) is 5.26 Å². The van der Waals surface area contributed by atoms with Crippen LogP contribution in [0, 0.1) is 17.2 Å². The molecule has 0 spiro atoms. The molecule has 1 N–H and O–H groups in total. The van der Waals surface area contributed by atoms with E-state index in [2.05, 4.69) is 16.3 Å². The van der Waals surface area contributed by atoms with Crippen molar-refractivity contribution in [1.82, 2.24) is 10.2 Å². The van der Waals surface area contributed by atoms with Gasteiger partial charge in [-0.2, -0.15) is 5.26 Å². The molecule has 122 valence electrons. The van der Waals surface area contributed by atoms with E-state index in [-0.39, 0.29) is 11.9 Å². The Hall–Kier alpha value is -1.86. The van der Waals surface area contributed by atoms with Gasteiger partial charge in [-0.3, -0.25) is 4.79 Å². The van der Waals surface area contributed by atoms with Gasteiger partial charge in [0.1, 0.15) is 0 Å². The minimum absolute atomic E-state index is 0.0589. The molecule has 0 atom stereocenters. The molecule has 4 heteroatoms. The molecule has 3 rings (SSSR count). The maximum absolute atomic E-state index is 12.3. The molecule has 2 aliphatic rings. The Bertz CT molecular complexity index is 579. The smallest absolute Gasteiger partial charge is 0.251 e. The van der Waals surface area contributed by atoms with Crippen molar-refractivity contribution < 1.29 is 4.79 Å². The maximum Gasteiger partial charge on any atom is 0.251 e. The summed E-state index contributed by atoms with van der Waals surface area (Å²) in [6.45, 7) is 3.41. The predicted octanol–water partition coefficient (Wildman–Crippen LogP) is 2.94. The van der Waals surface area contributed by atoms with E-state index in [9.17, 15) is 4.79 Å². The van der Waals surface area contributed by atoms with Crippen molar-refractivity contribution in [2.75, 3.05) is 19.6 Å². The van der Waals surface area contributed by atoms with Gasteiger partial charge in [0.05, 0.1) is 11.6 Å². The van der Waals surface area contributed by atoms with Crippen molar-refractivity contribution in [1.29, 1.82) is 5.26 Å². The average Bonchev–Trinajstić information content (AvgIpc) is 3.09. The number of nitrogens with one attached hydrogen (secondary N) is 1. The van der Waals surface area contributed by atoms with Gasteiger partial charge in [0.25, 0.3) is 5.91 Å². The number of carbonyl (C=O) groups is 1. The van der Waals surface area contributed by atoms with Gasteiger partial charge in [0.2, 0.25) is 0 Å². The fourth-order valence-corrected chi connectivity index (χ4v) is 3.82. The molecule has 0 bridgehead atoms. The van der Waals surface area contributed by atoms with E-state index in [0.717, 1.165) is 31.8 Å². The number of rotatable bonds is 4. The zero-order valence-corrected chi connectivity index (χ0v) is 13.6. The van der Waals surface area contributed by atoms with Crippen LogP contribution < -0.4 is 5.32 Å². The lowest BCUT2D eigenvalue weighted by molar-refractivity contribution is 0.0905. The van der Waals surface area contributed by atoms with E-state index in [1.54, 1.807) is 24.3 Å².